The Kier molecular flexibility index (Phi) is 3.92. The molecule has 0 bridgehead atoms. The van der Waals surface area contributed by atoms with Crippen LogP contribution in [0.4, 0.5) is 0 Å². The van der Waals surface area contributed by atoms with E-state index in [-0.39, 0.29) is 5.43 Å². The van der Waals surface area contributed by atoms with Crippen molar-refractivity contribution >= 4 is 0 Å². The minimum absolute atomic E-state index is 0.0811. The second kappa shape index (κ2) is 6.02. The summed E-state index contributed by atoms with van der Waals surface area (Å²) in [6.45, 7) is 2.12. The van der Waals surface area contributed by atoms with E-state index in [0.717, 1.165) is 28.7 Å². The van der Waals surface area contributed by atoms with E-state index >= 15 is 0 Å². The molecule has 22 heavy (non-hydrogen) atoms. The molecule has 3 aromatic rings. The van der Waals surface area contributed by atoms with Gasteiger partial charge in [0.2, 0.25) is 0 Å². The van der Waals surface area contributed by atoms with Gasteiger partial charge in [-0.1, -0.05) is 61.5 Å². The van der Waals surface area contributed by atoms with Crippen LogP contribution in [-0.2, 0) is 13.5 Å². The van der Waals surface area contributed by atoms with Gasteiger partial charge >= 0.3 is 0 Å². The van der Waals surface area contributed by atoms with Gasteiger partial charge in [0.25, 0.3) is 0 Å². The summed E-state index contributed by atoms with van der Waals surface area (Å²) < 4.78 is 1.96. The average Bonchev–Trinajstić information content (AvgIpc) is 2.57. The van der Waals surface area contributed by atoms with Crippen molar-refractivity contribution in [2.75, 3.05) is 0 Å². The van der Waals surface area contributed by atoms with E-state index in [1.807, 2.05) is 66.5 Å². The molecule has 0 radical (unpaired) electrons. The Morgan fingerprint density at radius 3 is 2.18 bits per heavy atom. The fourth-order valence-corrected chi connectivity index (χ4v) is 2.69. The highest BCUT2D eigenvalue weighted by atomic mass is 16.1. The molecule has 0 atom stereocenters. The van der Waals surface area contributed by atoms with Crippen LogP contribution in [0.5, 0.6) is 0 Å². The van der Waals surface area contributed by atoms with Crippen LogP contribution in [-0.4, -0.2) is 4.57 Å². The van der Waals surface area contributed by atoms with E-state index < -0.39 is 0 Å². The van der Waals surface area contributed by atoms with Gasteiger partial charge in [-0.15, -0.1) is 0 Å². The Morgan fingerprint density at radius 1 is 0.864 bits per heavy atom. The van der Waals surface area contributed by atoms with Crippen molar-refractivity contribution in [1.29, 1.82) is 0 Å². The van der Waals surface area contributed by atoms with Crippen LogP contribution in [0.3, 0.4) is 0 Å². The highest BCUT2D eigenvalue weighted by molar-refractivity contribution is 5.72. The predicted molar refractivity (Wildman–Crippen MR) is 91.9 cm³/mol. The molecule has 0 amide bonds. The molecule has 0 saturated carbocycles. The van der Waals surface area contributed by atoms with Gasteiger partial charge in [-0.3, -0.25) is 4.79 Å². The predicted octanol–water partition coefficient (Wildman–Crippen LogP) is 4.28. The lowest BCUT2D eigenvalue weighted by Crippen LogP contribution is -2.11. The Hall–Kier alpha value is -2.61. The van der Waals surface area contributed by atoms with Crippen molar-refractivity contribution in [2.24, 2.45) is 7.05 Å². The first kappa shape index (κ1) is 14.3. The first-order valence-corrected chi connectivity index (χ1v) is 7.54. The first-order chi connectivity index (χ1) is 10.7. The summed E-state index contributed by atoms with van der Waals surface area (Å²) in [6, 6.07) is 18.0. The van der Waals surface area contributed by atoms with E-state index in [0.29, 0.717) is 0 Å². The highest BCUT2D eigenvalue weighted by Crippen LogP contribution is 2.21. The van der Waals surface area contributed by atoms with Crippen LogP contribution < -0.4 is 5.43 Å². The number of pyridine rings is 1. The lowest BCUT2D eigenvalue weighted by molar-refractivity contribution is 0.904. The average molecular weight is 289 g/mol. The standard InChI is InChI=1S/C20H19NO/c1-3-15-8-7-11-17(12-15)19-14-21(2)13-18(20(19)22)16-9-5-4-6-10-16/h4-14H,3H2,1-2H3. The molecule has 1 aromatic heterocycles. The van der Waals surface area contributed by atoms with E-state index in [2.05, 4.69) is 19.1 Å². The first-order valence-electron chi connectivity index (χ1n) is 7.54. The maximum absolute atomic E-state index is 12.9. The summed E-state index contributed by atoms with van der Waals surface area (Å²) in [7, 11) is 1.96. The molecule has 2 aromatic carbocycles. The molecule has 0 aliphatic rings. The molecule has 1 heterocycles. The third-order valence-corrected chi connectivity index (χ3v) is 3.89. The topological polar surface area (TPSA) is 22.0 Å². The highest BCUT2D eigenvalue weighted by Gasteiger charge is 2.10. The van der Waals surface area contributed by atoms with Crippen molar-refractivity contribution in [1.82, 2.24) is 4.57 Å². The normalized spacial score (nSPS) is 10.6. The van der Waals surface area contributed by atoms with E-state index in [1.54, 1.807) is 0 Å². The number of rotatable bonds is 3. The largest absolute Gasteiger partial charge is 0.356 e. The minimum atomic E-state index is 0.0811. The lowest BCUT2D eigenvalue weighted by Gasteiger charge is -2.10. The second-order valence-corrected chi connectivity index (χ2v) is 5.50. The van der Waals surface area contributed by atoms with Crippen molar-refractivity contribution in [3.8, 4) is 22.3 Å². The molecule has 2 nitrogen and oxygen atoms in total. The third kappa shape index (κ3) is 2.73. The maximum Gasteiger partial charge on any atom is 0.197 e. The lowest BCUT2D eigenvalue weighted by atomic mass is 9.99. The summed E-state index contributed by atoms with van der Waals surface area (Å²) in [6.07, 6.45) is 4.76. The molecule has 0 N–H and O–H groups in total. The van der Waals surface area contributed by atoms with E-state index in [9.17, 15) is 4.79 Å². The second-order valence-electron chi connectivity index (χ2n) is 5.50. The SMILES string of the molecule is CCc1cccc(-c2cn(C)cc(-c3ccccc3)c2=O)c1. The summed E-state index contributed by atoms with van der Waals surface area (Å²) in [5.74, 6) is 0. The van der Waals surface area contributed by atoms with Gasteiger partial charge in [0, 0.05) is 30.6 Å². The van der Waals surface area contributed by atoms with Crippen LogP contribution in [0.2, 0.25) is 0 Å². The number of hydrogen-bond acceptors (Lipinski definition) is 1. The molecule has 0 spiro atoms. The molecule has 0 unspecified atom stereocenters. The van der Waals surface area contributed by atoms with Crippen LogP contribution in [0, 0.1) is 0 Å². The zero-order valence-electron chi connectivity index (χ0n) is 12.9. The van der Waals surface area contributed by atoms with Gasteiger partial charge < -0.3 is 4.57 Å². The van der Waals surface area contributed by atoms with Crippen LogP contribution in [0.15, 0.2) is 71.8 Å². The van der Waals surface area contributed by atoms with E-state index in [1.165, 1.54) is 5.56 Å². The molecule has 3 rings (SSSR count). The Morgan fingerprint density at radius 2 is 1.50 bits per heavy atom. The van der Waals surface area contributed by atoms with Crippen molar-refractivity contribution in [3.05, 3.63) is 82.8 Å². The Balaban J connectivity index is 2.21. The quantitative estimate of drug-likeness (QED) is 0.705. The van der Waals surface area contributed by atoms with Crippen molar-refractivity contribution in [2.45, 2.75) is 13.3 Å². The molecule has 0 aliphatic heterocycles. The third-order valence-electron chi connectivity index (χ3n) is 3.89. The van der Waals surface area contributed by atoms with Gasteiger partial charge in [-0.25, -0.2) is 0 Å². The van der Waals surface area contributed by atoms with Gasteiger partial charge in [0.1, 0.15) is 0 Å². The molecule has 110 valence electrons. The smallest absolute Gasteiger partial charge is 0.197 e. The molecular weight excluding hydrogens is 270 g/mol. The summed E-state index contributed by atoms with van der Waals surface area (Å²) in [5.41, 5.74) is 4.75. The molecule has 0 aliphatic carbocycles. The minimum Gasteiger partial charge on any atom is -0.356 e. The number of aryl methyl sites for hydroxylation is 2. The van der Waals surface area contributed by atoms with Crippen LogP contribution >= 0.6 is 0 Å². The van der Waals surface area contributed by atoms with Crippen LogP contribution in [0.1, 0.15) is 12.5 Å². The van der Waals surface area contributed by atoms with Gasteiger partial charge in [-0.2, -0.15) is 0 Å². The number of hydrogen-bond donors (Lipinski definition) is 0. The monoisotopic (exact) mass is 289 g/mol. The zero-order chi connectivity index (χ0) is 15.5. The Labute approximate surface area is 130 Å². The summed E-state index contributed by atoms with van der Waals surface area (Å²) in [4.78, 5) is 12.9. The summed E-state index contributed by atoms with van der Waals surface area (Å²) in [5, 5.41) is 0. The fourth-order valence-electron chi connectivity index (χ4n) is 2.69. The molecule has 0 fully saturated rings. The van der Waals surface area contributed by atoms with Crippen molar-refractivity contribution < 1.29 is 0 Å². The Bertz CT molecular complexity index is 847. The summed E-state index contributed by atoms with van der Waals surface area (Å²) >= 11 is 0. The molecular formula is C20H19NO. The molecule has 0 saturated heterocycles. The van der Waals surface area contributed by atoms with Crippen molar-refractivity contribution in [3.63, 3.8) is 0 Å². The molecule has 2 heteroatoms. The van der Waals surface area contributed by atoms with Gasteiger partial charge in [0.15, 0.2) is 5.43 Å². The number of aromatic nitrogens is 1. The number of benzene rings is 2. The number of nitrogens with zero attached hydrogens (tertiary/aromatic N) is 1. The van der Waals surface area contributed by atoms with Gasteiger partial charge in [0.05, 0.1) is 0 Å². The van der Waals surface area contributed by atoms with E-state index in [4.69, 9.17) is 0 Å². The zero-order valence-corrected chi connectivity index (χ0v) is 12.9. The fraction of sp³-hybridized carbons (Fsp3) is 0.150. The van der Waals surface area contributed by atoms with Crippen LogP contribution in [0.25, 0.3) is 22.3 Å². The van der Waals surface area contributed by atoms with Gasteiger partial charge in [-0.05, 0) is 23.1 Å². The maximum atomic E-state index is 12.9.